The molecule has 8 heteroatoms. The van der Waals surface area contributed by atoms with Gasteiger partial charge in [-0.25, -0.2) is 4.39 Å². The molecule has 1 aromatic heterocycles. The van der Waals surface area contributed by atoms with Crippen molar-refractivity contribution < 1.29 is 9.13 Å². The first kappa shape index (κ1) is 15.9. The van der Waals surface area contributed by atoms with Crippen molar-refractivity contribution in [1.29, 1.82) is 0 Å². The van der Waals surface area contributed by atoms with E-state index in [2.05, 4.69) is 30.9 Å². The number of hydrogen-bond acceptors (Lipinski definition) is 5. The van der Waals surface area contributed by atoms with Crippen LogP contribution in [-0.2, 0) is 0 Å². The molecular formula is C13H13BrClFN4O. The zero-order valence-corrected chi connectivity index (χ0v) is 13.8. The van der Waals surface area contributed by atoms with E-state index in [9.17, 15) is 4.39 Å². The number of nitrogens with zero attached hydrogens (tertiary/aromatic N) is 4. The Kier molecular flexibility index (Phi) is 5.30. The first-order valence-electron chi connectivity index (χ1n) is 6.33. The molecule has 0 bridgehead atoms. The fraction of sp³-hybridized carbons (Fsp3) is 0.308. The average Bonchev–Trinajstić information content (AvgIpc) is 2.43. The lowest BCUT2D eigenvalue weighted by molar-refractivity contribution is 0.409. The standard InChI is InChI=1S/C13H13BrClFN4O/c1-3-20(4-2)12-17-11(15)18-13(19-12)21-10-6-5-8(14)7-9(10)16/h5-7H,3-4H2,1-2H3. The molecule has 0 aliphatic carbocycles. The number of hydrogen-bond donors (Lipinski definition) is 0. The van der Waals surface area contributed by atoms with Gasteiger partial charge in [-0.1, -0.05) is 15.9 Å². The van der Waals surface area contributed by atoms with Crippen LogP contribution in [0.4, 0.5) is 10.3 Å². The second kappa shape index (κ2) is 7.00. The summed E-state index contributed by atoms with van der Waals surface area (Å²) in [5, 5.41) is -0.000537. The lowest BCUT2D eigenvalue weighted by atomic mass is 10.3. The summed E-state index contributed by atoms with van der Waals surface area (Å²) in [6.45, 7) is 5.36. The number of halogens is 3. The summed E-state index contributed by atoms with van der Waals surface area (Å²) in [6.07, 6.45) is 0. The highest BCUT2D eigenvalue weighted by atomic mass is 79.9. The zero-order chi connectivity index (χ0) is 15.4. The molecule has 2 aromatic rings. The average molecular weight is 376 g/mol. The molecule has 21 heavy (non-hydrogen) atoms. The van der Waals surface area contributed by atoms with Crippen molar-refractivity contribution in [2.24, 2.45) is 0 Å². The summed E-state index contributed by atoms with van der Waals surface area (Å²) in [4.78, 5) is 13.9. The van der Waals surface area contributed by atoms with Crippen molar-refractivity contribution in [3.05, 3.63) is 33.8 Å². The van der Waals surface area contributed by atoms with Crippen LogP contribution >= 0.6 is 27.5 Å². The monoisotopic (exact) mass is 374 g/mol. The Labute approximate surface area is 135 Å². The largest absolute Gasteiger partial charge is 0.421 e. The van der Waals surface area contributed by atoms with E-state index in [1.54, 1.807) is 6.07 Å². The second-order valence-corrected chi connectivity index (χ2v) is 5.29. The minimum Gasteiger partial charge on any atom is -0.421 e. The van der Waals surface area contributed by atoms with E-state index in [1.165, 1.54) is 12.1 Å². The second-order valence-electron chi connectivity index (χ2n) is 4.04. The molecule has 0 fully saturated rings. The van der Waals surface area contributed by atoms with E-state index in [-0.39, 0.29) is 17.0 Å². The van der Waals surface area contributed by atoms with Crippen LogP contribution < -0.4 is 9.64 Å². The van der Waals surface area contributed by atoms with Crippen LogP contribution in [0.1, 0.15) is 13.8 Å². The molecule has 112 valence electrons. The van der Waals surface area contributed by atoms with E-state index >= 15 is 0 Å². The Morgan fingerprint density at radius 3 is 2.57 bits per heavy atom. The predicted molar refractivity (Wildman–Crippen MR) is 82.6 cm³/mol. The summed E-state index contributed by atoms with van der Waals surface area (Å²) >= 11 is 9.05. The Morgan fingerprint density at radius 1 is 1.24 bits per heavy atom. The molecule has 0 saturated carbocycles. The van der Waals surface area contributed by atoms with Crippen LogP contribution in [0.25, 0.3) is 0 Å². The van der Waals surface area contributed by atoms with Crippen molar-refractivity contribution in [2.45, 2.75) is 13.8 Å². The summed E-state index contributed by atoms with van der Waals surface area (Å²) in [5.41, 5.74) is 0. The maximum atomic E-state index is 13.8. The van der Waals surface area contributed by atoms with Crippen molar-refractivity contribution in [3.63, 3.8) is 0 Å². The van der Waals surface area contributed by atoms with Gasteiger partial charge in [0.25, 0.3) is 0 Å². The summed E-state index contributed by atoms with van der Waals surface area (Å²) < 4.78 is 19.7. The fourth-order valence-corrected chi connectivity index (χ4v) is 2.15. The van der Waals surface area contributed by atoms with Gasteiger partial charge in [0, 0.05) is 17.6 Å². The third-order valence-corrected chi connectivity index (χ3v) is 3.38. The van der Waals surface area contributed by atoms with Gasteiger partial charge in [-0.05, 0) is 43.6 Å². The topological polar surface area (TPSA) is 51.1 Å². The Morgan fingerprint density at radius 2 is 1.95 bits per heavy atom. The van der Waals surface area contributed by atoms with E-state index in [0.717, 1.165) is 0 Å². The molecule has 5 nitrogen and oxygen atoms in total. The van der Waals surface area contributed by atoms with Crippen LogP contribution in [0.3, 0.4) is 0 Å². The van der Waals surface area contributed by atoms with Crippen molar-refractivity contribution >= 4 is 33.5 Å². The van der Waals surface area contributed by atoms with Crippen LogP contribution in [0.5, 0.6) is 11.8 Å². The minimum absolute atomic E-state index is 0.000537. The molecule has 0 N–H and O–H groups in total. The molecule has 0 atom stereocenters. The molecule has 0 aliphatic heterocycles. The number of aromatic nitrogens is 3. The van der Waals surface area contributed by atoms with E-state index in [4.69, 9.17) is 16.3 Å². The zero-order valence-electron chi connectivity index (χ0n) is 11.5. The lowest BCUT2D eigenvalue weighted by Gasteiger charge is -2.18. The smallest absolute Gasteiger partial charge is 0.328 e. The van der Waals surface area contributed by atoms with Crippen LogP contribution in [0, 0.1) is 5.82 Å². The Bertz CT molecular complexity index is 640. The maximum absolute atomic E-state index is 13.8. The van der Waals surface area contributed by atoms with Gasteiger partial charge in [0.15, 0.2) is 11.6 Å². The quantitative estimate of drug-likeness (QED) is 0.788. The van der Waals surface area contributed by atoms with Crippen molar-refractivity contribution in [2.75, 3.05) is 18.0 Å². The predicted octanol–water partition coefficient (Wildman–Crippen LogP) is 4.07. The van der Waals surface area contributed by atoms with Gasteiger partial charge in [-0.3, -0.25) is 0 Å². The lowest BCUT2D eigenvalue weighted by Crippen LogP contribution is -2.24. The van der Waals surface area contributed by atoms with Crippen molar-refractivity contribution in [3.8, 4) is 11.8 Å². The van der Waals surface area contributed by atoms with Crippen LogP contribution in [0.15, 0.2) is 22.7 Å². The van der Waals surface area contributed by atoms with Crippen LogP contribution in [-0.4, -0.2) is 28.0 Å². The van der Waals surface area contributed by atoms with Crippen molar-refractivity contribution in [1.82, 2.24) is 15.0 Å². The maximum Gasteiger partial charge on any atom is 0.328 e. The summed E-state index contributed by atoms with van der Waals surface area (Å²) in [7, 11) is 0. The molecule has 0 aliphatic rings. The third-order valence-electron chi connectivity index (χ3n) is 2.72. The molecule has 0 unspecified atom stereocenters. The molecule has 0 spiro atoms. The van der Waals surface area contributed by atoms with Crippen LogP contribution in [0.2, 0.25) is 5.28 Å². The molecule has 1 aromatic carbocycles. The highest BCUT2D eigenvalue weighted by molar-refractivity contribution is 9.10. The van der Waals surface area contributed by atoms with Gasteiger partial charge in [-0.15, -0.1) is 0 Å². The van der Waals surface area contributed by atoms with Gasteiger partial charge in [0.05, 0.1) is 0 Å². The minimum atomic E-state index is -0.523. The molecule has 0 radical (unpaired) electrons. The highest BCUT2D eigenvalue weighted by Gasteiger charge is 2.13. The van der Waals surface area contributed by atoms with Gasteiger partial charge in [0.2, 0.25) is 11.2 Å². The highest BCUT2D eigenvalue weighted by Crippen LogP contribution is 2.26. The first-order chi connectivity index (χ1) is 10.0. The molecular weight excluding hydrogens is 363 g/mol. The third kappa shape index (κ3) is 4.01. The molecule has 2 rings (SSSR count). The molecule has 0 saturated heterocycles. The summed E-state index contributed by atoms with van der Waals surface area (Å²) in [5.74, 6) is -0.108. The van der Waals surface area contributed by atoms with E-state index in [0.29, 0.717) is 23.5 Å². The van der Waals surface area contributed by atoms with E-state index in [1.807, 2.05) is 18.7 Å². The number of benzene rings is 1. The Hall–Kier alpha value is -1.47. The number of ether oxygens (including phenoxy) is 1. The Balaban J connectivity index is 2.31. The first-order valence-corrected chi connectivity index (χ1v) is 7.50. The van der Waals surface area contributed by atoms with Gasteiger partial charge < -0.3 is 9.64 Å². The number of anilines is 1. The van der Waals surface area contributed by atoms with Gasteiger partial charge in [-0.2, -0.15) is 15.0 Å². The fourth-order valence-electron chi connectivity index (χ4n) is 1.67. The summed E-state index contributed by atoms with van der Waals surface area (Å²) in [6, 6.07) is 4.39. The number of rotatable bonds is 5. The van der Waals surface area contributed by atoms with Gasteiger partial charge in [0.1, 0.15) is 0 Å². The molecule has 1 heterocycles. The van der Waals surface area contributed by atoms with Gasteiger partial charge >= 0.3 is 6.01 Å². The van der Waals surface area contributed by atoms with E-state index < -0.39 is 5.82 Å². The normalized spacial score (nSPS) is 10.5. The molecule has 0 amide bonds. The SMILES string of the molecule is CCN(CC)c1nc(Cl)nc(Oc2ccc(Br)cc2F)n1.